The zero-order chi connectivity index (χ0) is 30.1. The molecule has 2 heterocycles. The second kappa shape index (κ2) is 11.9. The van der Waals surface area contributed by atoms with Crippen LogP contribution in [0.2, 0.25) is 10.0 Å². The number of hydrogen-bond donors (Lipinski definition) is 3. The molecule has 2 aromatic carbocycles. The van der Waals surface area contributed by atoms with Crippen LogP contribution in [-0.2, 0) is 19.6 Å². The summed E-state index contributed by atoms with van der Waals surface area (Å²) in [5.41, 5.74) is -0.160. The van der Waals surface area contributed by atoms with E-state index in [1.54, 1.807) is 67.1 Å². The summed E-state index contributed by atoms with van der Waals surface area (Å²) < 4.78 is 36.3. The van der Waals surface area contributed by atoms with Crippen molar-refractivity contribution in [2.45, 2.75) is 37.8 Å². The zero-order valence-electron chi connectivity index (χ0n) is 22.5. The smallest absolute Gasteiger partial charge is 0.328 e. The average molecular weight is 626 g/mol. The summed E-state index contributed by atoms with van der Waals surface area (Å²) in [7, 11) is -4.45. The molecule has 1 aliphatic rings. The molecule has 3 N–H and O–H groups in total. The Morgan fingerprint density at radius 2 is 1.83 bits per heavy atom. The average Bonchev–Trinajstić information content (AvgIpc) is 3.32. The Bertz CT molecular complexity index is 1600. The first-order chi connectivity index (χ1) is 19.2. The van der Waals surface area contributed by atoms with Crippen molar-refractivity contribution in [2.75, 3.05) is 29.1 Å². The van der Waals surface area contributed by atoms with Crippen LogP contribution < -0.4 is 9.31 Å². The van der Waals surface area contributed by atoms with Gasteiger partial charge in [-0.05, 0) is 47.9 Å². The van der Waals surface area contributed by atoms with Gasteiger partial charge in [0, 0.05) is 34.0 Å². The number of rotatable bonds is 9. The number of carboxylic acid groups (broad SMARTS) is 1. The SMILES string of the molecule is CC(C)(C)C(C(=O)O)N(c1ccc2c(ccn2N2C=CN=C(OCC(O)CO)C2)c1)S(=O)(=O)c1cc(Cl)cc(Cl)c1. The lowest BCUT2D eigenvalue weighted by Crippen LogP contribution is -2.52. The predicted molar refractivity (Wildman–Crippen MR) is 158 cm³/mol. The number of benzene rings is 2. The van der Waals surface area contributed by atoms with Gasteiger partial charge in [-0.2, -0.15) is 0 Å². The van der Waals surface area contributed by atoms with E-state index in [-0.39, 0.29) is 33.8 Å². The number of aliphatic imine (C=N–C) groups is 1. The number of anilines is 1. The summed E-state index contributed by atoms with van der Waals surface area (Å²) in [6.45, 7) is 4.62. The number of halogens is 2. The number of aliphatic carboxylic acids is 1. The topological polar surface area (TPSA) is 145 Å². The zero-order valence-corrected chi connectivity index (χ0v) is 24.8. The lowest BCUT2D eigenvalue weighted by molar-refractivity contribution is -0.140. The molecule has 3 aromatic rings. The van der Waals surface area contributed by atoms with Crippen LogP contribution in [0.5, 0.6) is 0 Å². The van der Waals surface area contributed by atoms with Crippen LogP contribution in [0.15, 0.2) is 70.9 Å². The number of aliphatic hydroxyl groups is 2. The van der Waals surface area contributed by atoms with Gasteiger partial charge in [-0.15, -0.1) is 0 Å². The molecule has 0 saturated carbocycles. The number of carbonyl (C=O) groups is 1. The number of aliphatic hydroxyl groups excluding tert-OH is 2. The summed E-state index contributed by atoms with van der Waals surface area (Å²) >= 11 is 12.2. The van der Waals surface area contributed by atoms with Gasteiger partial charge in [0.1, 0.15) is 25.3 Å². The first-order valence-electron chi connectivity index (χ1n) is 12.5. The monoisotopic (exact) mass is 624 g/mol. The van der Waals surface area contributed by atoms with Gasteiger partial charge in [0.2, 0.25) is 5.90 Å². The van der Waals surface area contributed by atoms with Gasteiger partial charge in [0.05, 0.1) is 22.7 Å². The molecular weight excluding hydrogens is 595 g/mol. The maximum atomic E-state index is 14.0. The fraction of sp³-hybridized carbons (Fsp3) is 0.333. The van der Waals surface area contributed by atoms with Crippen molar-refractivity contribution in [3.05, 3.63) is 71.1 Å². The number of aromatic nitrogens is 1. The van der Waals surface area contributed by atoms with Crippen LogP contribution in [0.3, 0.4) is 0 Å². The van der Waals surface area contributed by atoms with E-state index in [0.717, 1.165) is 4.31 Å². The van der Waals surface area contributed by atoms with E-state index in [0.29, 0.717) is 16.8 Å². The van der Waals surface area contributed by atoms with E-state index in [1.165, 1.54) is 24.4 Å². The molecule has 2 unspecified atom stereocenters. The molecule has 0 saturated heterocycles. The quantitative estimate of drug-likeness (QED) is 0.326. The minimum Gasteiger partial charge on any atom is -0.480 e. The Morgan fingerprint density at radius 3 is 2.44 bits per heavy atom. The predicted octanol–water partition coefficient (Wildman–Crippen LogP) is 3.83. The highest BCUT2D eigenvalue weighted by Crippen LogP contribution is 2.37. The standard InChI is InChI=1S/C27H30Cl2N4O7S/c1-27(2,3)25(26(36)37)33(41(38,39)22-12-18(28)11-19(29)13-22)20-4-5-23-17(10-20)6-8-32(23)31-9-7-30-24(14-31)40-16-21(35)15-34/h4-13,21,25,34-35H,14-16H2,1-3H3,(H,36,37). The van der Waals surface area contributed by atoms with Gasteiger partial charge >= 0.3 is 5.97 Å². The van der Waals surface area contributed by atoms with E-state index >= 15 is 0 Å². The van der Waals surface area contributed by atoms with Gasteiger partial charge in [-0.3, -0.25) is 14.0 Å². The molecule has 0 spiro atoms. The van der Waals surface area contributed by atoms with Gasteiger partial charge in [0.15, 0.2) is 0 Å². The second-order valence-corrected chi connectivity index (χ2v) is 13.2. The number of fused-ring (bicyclic) bond motifs is 1. The van der Waals surface area contributed by atoms with E-state index in [4.69, 9.17) is 33.0 Å². The molecule has 220 valence electrons. The lowest BCUT2D eigenvalue weighted by atomic mass is 9.86. The third-order valence-corrected chi connectivity index (χ3v) is 8.48. The van der Waals surface area contributed by atoms with E-state index in [2.05, 4.69) is 4.99 Å². The number of hydrogen-bond acceptors (Lipinski definition) is 8. The summed E-state index contributed by atoms with van der Waals surface area (Å²) in [5, 5.41) is 31.4. The first-order valence-corrected chi connectivity index (χ1v) is 14.7. The Hall–Kier alpha value is -3.29. The number of sulfonamides is 1. The molecule has 0 amide bonds. The normalized spacial score (nSPS) is 15.5. The van der Waals surface area contributed by atoms with E-state index < -0.39 is 40.2 Å². The molecule has 4 rings (SSSR count). The summed E-state index contributed by atoms with van der Waals surface area (Å²) in [6.07, 6.45) is 3.96. The van der Waals surface area contributed by atoms with Crippen molar-refractivity contribution < 1.29 is 33.3 Å². The molecular formula is C27H30Cl2N4O7S. The van der Waals surface area contributed by atoms with Crippen molar-refractivity contribution in [1.82, 2.24) is 4.68 Å². The Balaban J connectivity index is 1.76. The largest absolute Gasteiger partial charge is 0.480 e. The highest BCUT2D eigenvalue weighted by Gasteiger charge is 2.43. The highest BCUT2D eigenvalue weighted by atomic mass is 35.5. The molecule has 14 heteroatoms. The summed E-state index contributed by atoms with van der Waals surface area (Å²) in [5.74, 6) is -0.992. The van der Waals surface area contributed by atoms with Crippen molar-refractivity contribution in [3.8, 4) is 0 Å². The molecule has 0 aliphatic carbocycles. The number of carboxylic acids is 1. The van der Waals surface area contributed by atoms with Crippen molar-refractivity contribution in [3.63, 3.8) is 0 Å². The van der Waals surface area contributed by atoms with Crippen LogP contribution in [0.25, 0.3) is 10.9 Å². The van der Waals surface area contributed by atoms with Crippen LogP contribution >= 0.6 is 23.2 Å². The maximum absolute atomic E-state index is 14.0. The minimum absolute atomic E-state index is 0.0959. The molecule has 0 bridgehead atoms. The first kappa shape index (κ1) is 30.7. The van der Waals surface area contributed by atoms with E-state index in [9.17, 15) is 23.4 Å². The second-order valence-electron chi connectivity index (χ2n) is 10.5. The molecule has 41 heavy (non-hydrogen) atoms. The van der Waals surface area contributed by atoms with Gasteiger partial charge < -0.3 is 20.1 Å². The van der Waals surface area contributed by atoms with Gasteiger partial charge in [0.25, 0.3) is 10.0 Å². The Kier molecular flexibility index (Phi) is 8.90. The third kappa shape index (κ3) is 6.62. The fourth-order valence-electron chi connectivity index (χ4n) is 4.42. The van der Waals surface area contributed by atoms with Crippen LogP contribution in [0, 0.1) is 5.41 Å². The highest BCUT2D eigenvalue weighted by molar-refractivity contribution is 7.93. The van der Waals surface area contributed by atoms with Crippen LogP contribution in [-0.4, -0.2) is 72.2 Å². The fourth-order valence-corrected chi connectivity index (χ4v) is 6.93. The molecule has 1 aromatic heterocycles. The number of nitrogens with zero attached hydrogens (tertiary/aromatic N) is 4. The van der Waals surface area contributed by atoms with E-state index in [1.807, 2.05) is 0 Å². The molecule has 1 aliphatic heterocycles. The maximum Gasteiger partial charge on any atom is 0.328 e. The third-order valence-electron chi connectivity index (χ3n) is 6.27. The lowest BCUT2D eigenvalue weighted by Gasteiger charge is -2.37. The summed E-state index contributed by atoms with van der Waals surface area (Å²) in [4.78, 5) is 16.5. The van der Waals surface area contributed by atoms with Gasteiger partial charge in [-0.1, -0.05) is 44.0 Å². The van der Waals surface area contributed by atoms with Crippen LogP contribution in [0.1, 0.15) is 20.8 Å². The Labute approximate surface area is 247 Å². The van der Waals surface area contributed by atoms with Gasteiger partial charge in [-0.25, -0.2) is 18.2 Å². The van der Waals surface area contributed by atoms with Crippen molar-refractivity contribution >= 4 is 61.7 Å². The number of ether oxygens (including phenoxy) is 1. The minimum atomic E-state index is -4.45. The molecule has 0 fully saturated rings. The van der Waals surface area contributed by atoms with Crippen molar-refractivity contribution in [1.29, 1.82) is 0 Å². The molecule has 2 atom stereocenters. The molecule has 0 radical (unpaired) electrons. The Morgan fingerprint density at radius 1 is 1.15 bits per heavy atom. The van der Waals surface area contributed by atoms with Crippen molar-refractivity contribution in [2.24, 2.45) is 10.4 Å². The van der Waals surface area contributed by atoms with Crippen LogP contribution in [0.4, 0.5) is 5.69 Å². The summed E-state index contributed by atoms with van der Waals surface area (Å²) in [6, 6.07) is 8.99. The molecule has 11 nitrogen and oxygen atoms in total.